The number of thiol groups is 1. The molecule has 0 spiro atoms. The minimum atomic E-state index is -1.44. The van der Waals surface area contributed by atoms with Crippen molar-refractivity contribution in [1.82, 2.24) is 16.0 Å². The number of carbonyl (C=O) groups excluding carboxylic acids is 3. The van der Waals surface area contributed by atoms with Gasteiger partial charge in [0, 0.05) is 12.3 Å². The Morgan fingerprint density at radius 1 is 0.879 bits per heavy atom. The minimum Gasteiger partial charge on any atom is -0.480 e. The Balaban J connectivity index is 5.13. The smallest absolute Gasteiger partial charge is 0.326 e. The SMILES string of the molecule is NCCCCC(NC(=O)C(N)CS)C(=O)NC(CO)C(=O)NC(CCCN=C(N)N)C(=O)O. The van der Waals surface area contributed by atoms with Gasteiger partial charge in [0.25, 0.3) is 0 Å². The second kappa shape index (κ2) is 16.9. The number of amides is 3. The minimum absolute atomic E-state index is 0.0172. The van der Waals surface area contributed by atoms with E-state index in [-0.39, 0.29) is 37.5 Å². The van der Waals surface area contributed by atoms with E-state index in [1.165, 1.54) is 0 Å². The van der Waals surface area contributed by atoms with E-state index in [9.17, 15) is 29.4 Å². The molecule has 0 aromatic carbocycles. The number of rotatable bonds is 17. The lowest BCUT2D eigenvalue weighted by Gasteiger charge is -2.24. The number of carboxylic acid groups (broad SMARTS) is 1. The number of nitrogens with one attached hydrogen (secondary N) is 3. The highest BCUT2D eigenvalue weighted by Crippen LogP contribution is 2.04. The molecule has 0 aliphatic rings. The third-order valence-corrected chi connectivity index (χ3v) is 4.88. The molecule has 33 heavy (non-hydrogen) atoms. The van der Waals surface area contributed by atoms with E-state index in [2.05, 4.69) is 33.6 Å². The number of nitrogens with two attached hydrogens (primary N) is 4. The van der Waals surface area contributed by atoms with Crippen molar-refractivity contribution in [1.29, 1.82) is 0 Å². The Morgan fingerprint density at radius 2 is 1.42 bits per heavy atom. The Labute approximate surface area is 197 Å². The molecular formula is C18H36N8O6S. The predicted molar refractivity (Wildman–Crippen MR) is 125 cm³/mol. The highest BCUT2D eigenvalue weighted by atomic mass is 32.1. The molecule has 0 fully saturated rings. The van der Waals surface area contributed by atoms with Crippen LogP contribution >= 0.6 is 12.6 Å². The Kier molecular flexibility index (Phi) is 15.6. The number of aliphatic imine (C=N–C) groups is 1. The average molecular weight is 493 g/mol. The Bertz CT molecular complexity index is 676. The van der Waals surface area contributed by atoms with Crippen LogP contribution in [0, 0.1) is 0 Å². The van der Waals surface area contributed by atoms with Gasteiger partial charge in [0.15, 0.2) is 5.96 Å². The number of carboxylic acids is 1. The summed E-state index contributed by atoms with van der Waals surface area (Å²) in [6.45, 7) is -0.238. The number of hydrogen-bond acceptors (Lipinski definition) is 9. The maximum Gasteiger partial charge on any atom is 0.326 e. The van der Waals surface area contributed by atoms with Gasteiger partial charge in [0.2, 0.25) is 17.7 Å². The molecule has 4 atom stereocenters. The van der Waals surface area contributed by atoms with E-state index < -0.39 is 54.5 Å². The van der Waals surface area contributed by atoms with Gasteiger partial charge in [-0.2, -0.15) is 12.6 Å². The summed E-state index contributed by atoms with van der Waals surface area (Å²) >= 11 is 3.94. The first-order valence-electron chi connectivity index (χ1n) is 10.4. The zero-order chi connectivity index (χ0) is 25.4. The summed E-state index contributed by atoms with van der Waals surface area (Å²) < 4.78 is 0. The molecule has 0 aliphatic heterocycles. The fraction of sp³-hybridized carbons (Fsp3) is 0.722. The lowest BCUT2D eigenvalue weighted by Crippen LogP contribution is -2.58. The van der Waals surface area contributed by atoms with E-state index in [1.54, 1.807) is 0 Å². The van der Waals surface area contributed by atoms with E-state index in [1.807, 2.05) is 0 Å². The summed E-state index contributed by atoms with van der Waals surface area (Å²) in [6, 6.07) is -4.70. The van der Waals surface area contributed by atoms with Crippen LogP contribution in [0.4, 0.5) is 0 Å². The second-order valence-electron chi connectivity index (χ2n) is 7.23. The molecule has 3 amide bonds. The average Bonchev–Trinajstić information content (AvgIpc) is 2.77. The number of unbranched alkanes of at least 4 members (excludes halogenated alkanes) is 1. The molecule has 0 aliphatic carbocycles. The van der Waals surface area contributed by atoms with Crippen molar-refractivity contribution in [2.75, 3.05) is 25.4 Å². The predicted octanol–water partition coefficient (Wildman–Crippen LogP) is -4.04. The van der Waals surface area contributed by atoms with Gasteiger partial charge in [0.1, 0.15) is 18.1 Å². The van der Waals surface area contributed by atoms with Crippen LogP contribution in [0.3, 0.4) is 0 Å². The van der Waals surface area contributed by atoms with Crippen LogP contribution in [-0.2, 0) is 19.2 Å². The van der Waals surface area contributed by atoms with Crippen LogP contribution in [0.2, 0.25) is 0 Å². The molecular weight excluding hydrogens is 456 g/mol. The molecule has 190 valence electrons. The van der Waals surface area contributed by atoms with E-state index in [4.69, 9.17) is 22.9 Å². The number of nitrogens with zero attached hydrogens (tertiary/aromatic N) is 1. The normalized spacial score (nSPS) is 14.3. The van der Waals surface area contributed by atoms with E-state index >= 15 is 0 Å². The topological polar surface area (TPSA) is 261 Å². The summed E-state index contributed by atoms with van der Waals surface area (Å²) in [5, 5.41) is 26.0. The van der Waals surface area contributed by atoms with Crippen molar-refractivity contribution in [3.05, 3.63) is 0 Å². The van der Waals surface area contributed by atoms with Gasteiger partial charge < -0.3 is 49.1 Å². The maximum absolute atomic E-state index is 12.7. The van der Waals surface area contributed by atoms with Gasteiger partial charge in [-0.15, -0.1) is 0 Å². The Hall–Kier alpha value is -2.62. The van der Waals surface area contributed by atoms with Crippen molar-refractivity contribution in [3.63, 3.8) is 0 Å². The van der Waals surface area contributed by atoms with Gasteiger partial charge in [-0.3, -0.25) is 19.4 Å². The van der Waals surface area contributed by atoms with Crippen LogP contribution in [0.15, 0.2) is 4.99 Å². The lowest BCUT2D eigenvalue weighted by molar-refractivity contribution is -0.142. The van der Waals surface area contributed by atoms with Crippen LogP contribution in [0.1, 0.15) is 32.1 Å². The molecule has 0 bridgehead atoms. The van der Waals surface area contributed by atoms with Crippen molar-refractivity contribution < 1.29 is 29.4 Å². The largest absolute Gasteiger partial charge is 0.480 e. The highest BCUT2D eigenvalue weighted by molar-refractivity contribution is 7.80. The second-order valence-corrected chi connectivity index (χ2v) is 7.59. The lowest BCUT2D eigenvalue weighted by atomic mass is 10.1. The summed E-state index contributed by atoms with van der Waals surface area (Å²) in [5.74, 6) is -3.62. The molecule has 0 saturated carbocycles. The fourth-order valence-corrected chi connectivity index (χ4v) is 2.79. The summed E-state index contributed by atoms with van der Waals surface area (Å²) in [5.41, 5.74) is 21.5. The van der Waals surface area contributed by atoms with Gasteiger partial charge in [-0.05, 0) is 38.6 Å². The van der Waals surface area contributed by atoms with E-state index in [0.717, 1.165) is 0 Å². The molecule has 0 saturated heterocycles. The van der Waals surface area contributed by atoms with Crippen molar-refractivity contribution in [2.45, 2.75) is 56.3 Å². The number of aliphatic hydroxyl groups is 1. The van der Waals surface area contributed by atoms with Crippen LogP contribution in [0.5, 0.6) is 0 Å². The third-order valence-electron chi connectivity index (χ3n) is 4.49. The highest BCUT2D eigenvalue weighted by Gasteiger charge is 2.29. The molecule has 0 aromatic heterocycles. The first-order chi connectivity index (χ1) is 15.6. The first-order valence-corrected chi connectivity index (χ1v) is 11.1. The van der Waals surface area contributed by atoms with Crippen molar-refractivity contribution in [3.8, 4) is 0 Å². The van der Waals surface area contributed by atoms with Gasteiger partial charge >= 0.3 is 5.97 Å². The maximum atomic E-state index is 12.7. The van der Waals surface area contributed by atoms with E-state index in [0.29, 0.717) is 19.4 Å². The van der Waals surface area contributed by atoms with Crippen LogP contribution in [0.25, 0.3) is 0 Å². The van der Waals surface area contributed by atoms with Gasteiger partial charge in [-0.25, -0.2) is 4.79 Å². The van der Waals surface area contributed by atoms with Crippen LogP contribution < -0.4 is 38.9 Å². The monoisotopic (exact) mass is 492 g/mol. The van der Waals surface area contributed by atoms with Gasteiger partial charge in [0.05, 0.1) is 12.6 Å². The molecule has 15 heteroatoms. The van der Waals surface area contributed by atoms with Crippen molar-refractivity contribution in [2.24, 2.45) is 27.9 Å². The molecule has 14 nitrogen and oxygen atoms in total. The quantitative estimate of drug-likeness (QED) is 0.0406. The standard InChI is InChI=1S/C18H36N8O6S/c19-6-2-1-4-11(24-14(28)10(20)9-33)15(29)26-13(8-27)16(30)25-12(17(31)32)5-3-7-23-18(21)22/h10-13,27,33H,1-9,19-20H2,(H,24,28)(H,25,30)(H,26,29)(H,31,32)(H4,21,22,23). The third kappa shape index (κ3) is 12.9. The first kappa shape index (κ1) is 30.4. The zero-order valence-corrected chi connectivity index (χ0v) is 19.3. The van der Waals surface area contributed by atoms with Gasteiger partial charge in [-0.1, -0.05) is 0 Å². The Morgan fingerprint density at radius 3 is 1.94 bits per heavy atom. The summed E-state index contributed by atoms with van der Waals surface area (Å²) in [6.07, 6.45) is 1.62. The number of carbonyl (C=O) groups is 4. The molecule has 0 heterocycles. The molecule has 0 rings (SSSR count). The molecule has 4 unspecified atom stereocenters. The molecule has 0 radical (unpaired) electrons. The van der Waals surface area contributed by atoms with Crippen LogP contribution in [-0.4, -0.2) is 89.5 Å². The summed E-state index contributed by atoms with van der Waals surface area (Å²) in [7, 11) is 0. The summed E-state index contributed by atoms with van der Waals surface area (Å²) in [4.78, 5) is 52.4. The number of guanidine groups is 1. The van der Waals surface area contributed by atoms with Crippen molar-refractivity contribution >= 4 is 42.3 Å². The fourth-order valence-electron chi connectivity index (χ4n) is 2.62. The molecule has 13 N–H and O–H groups in total. The number of aliphatic carboxylic acids is 1. The number of hydrogen-bond donors (Lipinski definition) is 10. The zero-order valence-electron chi connectivity index (χ0n) is 18.4. The molecule has 0 aromatic rings. The number of aliphatic hydroxyl groups excluding tert-OH is 1.